The molecule has 0 radical (unpaired) electrons. The van der Waals surface area contributed by atoms with Gasteiger partial charge in [0.25, 0.3) is 0 Å². The number of benzene rings is 1. The fourth-order valence-electron chi connectivity index (χ4n) is 1.51. The Bertz CT molecular complexity index is 491. The van der Waals surface area contributed by atoms with Gasteiger partial charge in [0.15, 0.2) is 0 Å². The molecule has 1 aromatic carbocycles. The molecule has 1 amide bonds. The van der Waals surface area contributed by atoms with Crippen molar-refractivity contribution >= 4 is 23.3 Å². The first-order valence-corrected chi connectivity index (χ1v) is 5.78. The number of rotatable bonds is 6. The summed E-state index contributed by atoms with van der Waals surface area (Å²) in [6.45, 7) is 2.52. The van der Waals surface area contributed by atoms with Crippen LogP contribution in [-0.2, 0) is 4.79 Å². The number of hydrogen-bond donors (Lipinski definition) is 4. The first kappa shape index (κ1) is 14.7. The summed E-state index contributed by atoms with van der Waals surface area (Å²) in [5, 5.41) is 14.1. The molecule has 0 aliphatic heterocycles. The zero-order valence-corrected chi connectivity index (χ0v) is 10.5. The Hall–Kier alpha value is -2.31. The highest BCUT2D eigenvalue weighted by Crippen LogP contribution is 2.22. The lowest BCUT2D eigenvalue weighted by Crippen LogP contribution is -2.24. The van der Waals surface area contributed by atoms with E-state index in [9.17, 15) is 14.0 Å². The number of nitrogens with one attached hydrogen (secondary N) is 2. The SMILES string of the molecule is CCNC(=O)CCNc1cc(C(=O)O)c(N)cc1F. The Labute approximate surface area is 109 Å². The van der Waals surface area contributed by atoms with Crippen molar-refractivity contribution in [1.29, 1.82) is 0 Å². The second kappa shape index (κ2) is 6.58. The Morgan fingerprint density at radius 1 is 1.42 bits per heavy atom. The molecule has 0 fully saturated rings. The molecule has 1 aromatic rings. The van der Waals surface area contributed by atoms with Crippen molar-refractivity contribution < 1.29 is 19.1 Å². The second-order valence-electron chi connectivity index (χ2n) is 3.85. The third-order valence-corrected chi connectivity index (χ3v) is 2.41. The zero-order chi connectivity index (χ0) is 14.4. The van der Waals surface area contributed by atoms with Crippen LogP contribution in [0.5, 0.6) is 0 Å². The number of hydrogen-bond acceptors (Lipinski definition) is 4. The van der Waals surface area contributed by atoms with Crippen LogP contribution < -0.4 is 16.4 Å². The van der Waals surface area contributed by atoms with Gasteiger partial charge in [-0.1, -0.05) is 0 Å². The smallest absolute Gasteiger partial charge is 0.337 e. The number of carboxylic acid groups (broad SMARTS) is 1. The molecule has 7 heteroatoms. The van der Waals surface area contributed by atoms with E-state index in [1.54, 1.807) is 6.92 Å². The van der Waals surface area contributed by atoms with Crippen LogP contribution in [0.25, 0.3) is 0 Å². The maximum atomic E-state index is 13.5. The van der Waals surface area contributed by atoms with Crippen LogP contribution in [0.15, 0.2) is 12.1 Å². The maximum absolute atomic E-state index is 13.5. The first-order chi connectivity index (χ1) is 8.95. The van der Waals surface area contributed by atoms with Crippen molar-refractivity contribution in [2.75, 3.05) is 24.1 Å². The number of carboxylic acids is 1. The number of carbonyl (C=O) groups is 2. The van der Waals surface area contributed by atoms with Crippen LogP contribution in [0, 0.1) is 5.82 Å². The minimum absolute atomic E-state index is 0.0101. The molecule has 5 N–H and O–H groups in total. The lowest BCUT2D eigenvalue weighted by molar-refractivity contribution is -0.120. The van der Waals surface area contributed by atoms with Gasteiger partial charge in [0.05, 0.1) is 11.3 Å². The van der Waals surface area contributed by atoms with Gasteiger partial charge < -0.3 is 21.5 Å². The topological polar surface area (TPSA) is 104 Å². The standard InChI is InChI=1S/C12H16FN3O3/c1-2-15-11(17)3-4-16-10-5-7(12(18)19)9(14)6-8(10)13/h5-6,16H,2-4,14H2,1H3,(H,15,17)(H,18,19). The minimum atomic E-state index is -1.23. The molecule has 0 aliphatic rings. The minimum Gasteiger partial charge on any atom is -0.478 e. The van der Waals surface area contributed by atoms with Crippen molar-refractivity contribution in [2.24, 2.45) is 0 Å². The molecule has 0 aliphatic carbocycles. The Kier molecular flexibility index (Phi) is 5.11. The third kappa shape index (κ3) is 4.13. The molecule has 0 spiro atoms. The molecule has 0 bridgehead atoms. The summed E-state index contributed by atoms with van der Waals surface area (Å²) in [6.07, 6.45) is 0.167. The van der Waals surface area contributed by atoms with Crippen molar-refractivity contribution in [3.8, 4) is 0 Å². The van der Waals surface area contributed by atoms with Gasteiger partial charge in [-0.15, -0.1) is 0 Å². The number of nitrogen functional groups attached to an aromatic ring is 1. The molecule has 19 heavy (non-hydrogen) atoms. The van der Waals surface area contributed by atoms with Crippen molar-refractivity contribution in [1.82, 2.24) is 5.32 Å². The number of carbonyl (C=O) groups excluding carboxylic acids is 1. The van der Waals surface area contributed by atoms with E-state index in [0.29, 0.717) is 6.54 Å². The van der Waals surface area contributed by atoms with Crippen molar-refractivity contribution in [3.63, 3.8) is 0 Å². The molecule has 0 aromatic heterocycles. The predicted octanol–water partition coefficient (Wildman–Crippen LogP) is 1.04. The van der Waals surface area contributed by atoms with E-state index in [-0.39, 0.29) is 35.8 Å². The van der Waals surface area contributed by atoms with Crippen molar-refractivity contribution in [2.45, 2.75) is 13.3 Å². The molecular formula is C12H16FN3O3. The fourth-order valence-corrected chi connectivity index (χ4v) is 1.51. The van der Waals surface area contributed by atoms with Gasteiger partial charge in [-0.3, -0.25) is 4.79 Å². The van der Waals surface area contributed by atoms with E-state index >= 15 is 0 Å². The van der Waals surface area contributed by atoms with E-state index in [1.807, 2.05) is 0 Å². The summed E-state index contributed by atoms with van der Waals surface area (Å²) in [5.74, 6) is -2.05. The fraction of sp³-hybridized carbons (Fsp3) is 0.333. The summed E-state index contributed by atoms with van der Waals surface area (Å²) in [5.41, 5.74) is 5.09. The zero-order valence-electron chi connectivity index (χ0n) is 10.5. The van der Waals surface area contributed by atoms with E-state index in [0.717, 1.165) is 12.1 Å². The van der Waals surface area contributed by atoms with E-state index < -0.39 is 11.8 Å². The van der Waals surface area contributed by atoms with Crippen molar-refractivity contribution in [3.05, 3.63) is 23.5 Å². The van der Waals surface area contributed by atoms with Gasteiger partial charge >= 0.3 is 5.97 Å². The second-order valence-corrected chi connectivity index (χ2v) is 3.85. The quantitative estimate of drug-likeness (QED) is 0.578. The Morgan fingerprint density at radius 2 is 2.11 bits per heavy atom. The summed E-state index contributed by atoms with van der Waals surface area (Å²) < 4.78 is 13.5. The summed E-state index contributed by atoms with van der Waals surface area (Å²) >= 11 is 0. The largest absolute Gasteiger partial charge is 0.478 e. The molecular weight excluding hydrogens is 253 g/mol. The number of halogens is 1. The van der Waals surface area contributed by atoms with Crippen LogP contribution in [0.4, 0.5) is 15.8 Å². The van der Waals surface area contributed by atoms with E-state index in [1.165, 1.54) is 0 Å². The molecule has 0 unspecified atom stereocenters. The van der Waals surface area contributed by atoms with Gasteiger partial charge in [0, 0.05) is 25.2 Å². The van der Waals surface area contributed by atoms with Crippen LogP contribution in [-0.4, -0.2) is 30.1 Å². The molecule has 6 nitrogen and oxygen atoms in total. The Morgan fingerprint density at radius 3 is 2.68 bits per heavy atom. The maximum Gasteiger partial charge on any atom is 0.337 e. The third-order valence-electron chi connectivity index (χ3n) is 2.41. The van der Waals surface area contributed by atoms with E-state index in [2.05, 4.69) is 10.6 Å². The Balaban J connectivity index is 2.70. The lowest BCUT2D eigenvalue weighted by atomic mass is 10.1. The predicted molar refractivity (Wildman–Crippen MR) is 69.6 cm³/mol. The number of anilines is 2. The monoisotopic (exact) mass is 269 g/mol. The highest BCUT2D eigenvalue weighted by molar-refractivity contribution is 5.94. The molecule has 0 atom stereocenters. The molecule has 0 saturated carbocycles. The van der Waals surface area contributed by atoms with Crippen LogP contribution >= 0.6 is 0 Å². The van der Waals surface area contributed by atoms with Crippen LogP contribution in [0.2, 0.25) is 0 Å². The average molecular weight is 269 g/mol. The highest BCUT2D eigenvalue weighted by Gasteiger charge is 2.13. The number of aromatic carboxylic acids is 1. The number of amides is 1. The van der Waals surface area contributed by atoms with Gasteiger partial charge in [0.1, 0.15) is 5.82 Å². The molecule has 104 valence electrons. The van der Waals surface area contributed by atoms with Gasteiger partial charge in [-0.25, -0.2) is 9.18 Å². The van der Waals surface area contributed by atoms with Gasteiger partial charge in [0.2, 0.25) is 5.91 Å². The van der Waals surface area contributed by atoms with Gasteiger partial charge in [-0.05, 0) is 19.1 Å². The highest BCUT2D eigenvalue weighted by atomic mass is 19.1. The molecule has 1 rings (SSSR count). The molecule has 0 heterocycles. The summed E-state index contributed by atoms with van der Waals surface area (Å²) in [4.78, 5) is 22.0. The summed E-state index contributed by atoms with van der Waals surface area (Å²) in [6, 6.07) is 2.06. The first-order valence-electron chi connectivity index (χ1n) is 5.78. The summed E-state index contributed by atoms with van der Waals surface area (Å²) in [7, 11) is 0. The number of nitrogens with two attached hydrogens (primary N) is 1. The normalized spacial score (nSPS) is 10.0. The van der Waals surface area contributed by atoms with Crippen LogP contribution in [0.3, 0.4) is 0 Å². The van der Waals surface area contributed by atoms with Crippen LogP contribution in [0.1, 0.15) is 23.7 Å². The van der Waals surface area contributed by atoms with E-state index in [4.69, 9.17) is 10.8 Å². The molecule has 0 saturated heterocycles. The lowest BCUT2D eigenvalue weighted by Gasteiger charge is -2.10. The average Bonchev–Trinajstić information content (AvgIpc) is 2.31. The van der Waals surface area contributed by atoms with Gasteiger partial charge in [-0.2, -0.15) is 0 Å².